The molecule has 0 atom stereocenters. The van der Waals surface area contributed by atoms with E-state index in [0.29, 0.717) is 12.8 Å². The van der Waals surface area contributed by atoms with E-state index in [1.807, 2.05) is 4.98 Å². The van der Waals surface area contributed by atoms with Crippen LogP contribution in [0.5, 0.6) is 17.4 Å². The molecule has 15 heteroatoms. The van der Waals surface area contributed by atoms with Crippen LogP contribution in [0.15, 0.2) is 38.9 Å². The van der Waals surface area contributed by atoms with Crippen molar-refractivity contribution in [2.75, 3.05) is 0 Å². The van der Waals surface area contributed by atoms with Gasteiger partial charge in [0.15, 0.2) is 11.5 Å². The molecule has 0 saturated heterocycles. The topological polar surface area (TPSA) is 180 Å². The van der Waals surface area contributed by atoms with Gasteiger partial charge in [-0.3, -0.25) is 9.78 Å². The zero-order valence-corrected chi connectivity index (χ0v) is 19.3. The fourth-order valence-electron chi connectivity index (χ4n) is 3.01. The van der Waals surface area contributed by atoms with E-state index in [1.54, 1.807) is 6.07 Å². The number of ether oxygens (including phenoxy) is 1. The molecule has 1 saturated carbocycles. The van der Waals surface area contributed by atoms with Gasteiger partial charge in [-0.15, -0.1) is 5.10 Å². The van der Waals surface area contributed by atoms with Crippen LogP contribution in [-0.4, -0.2) is 39.3 Å². The molecule has 2 heterocycles. The summed E-state index contributed by atoms with van der Waals surface area (Å²) in [5.41, 5.74) is -2.41. The number of nitriles is 1. The first kappa shape index (κ1) is 23.7. The van der Waals surface area contributed by atoms with Crippen LogP contribution < -0.4 is 20.7 Å². The minimum atomic E-state index is -4.03. The number of hydrogen-bond acceptors (Lipinski definition) is 9. The number of aromatic hydroxyl groups is 1. The molecule has 0 unspecified atom stereocenters. The molecule has 3 aromatic rings. The molecule has 0 spiro atoms. The summed E-state index contributed by atoms with van der Waals surface area (Å²) >= 11 is 12.5. The van der Waals surface area contributed by atoms with E-state index in [9.17, 15) is 23.1 Å². The molecule has 0 aliphatic heterocycles. The number of hydrogen-bond donors (Lipinski definition) is 3. The summed E-state index contributed by atoms with van der Waals surface area (Å²) < 4.78 is 34.0. The van der Waals surface area contributed by atoms with Crippen LogP contribution in [0.25, 0.3) is 5.69 Å². The van der Waals surface area contributed by atoms with Gasteiger partial charge in [-0.2, -0.15) is 9.94 Å². The van der Waals surface area contributed by atoms with E-state index < -0.39 is 37.6 Å². The van der Waals surface area contributed by atoms with E-state index in [2.05, 4.69) is 14.8 Å². The quantitative estimate of drug-likeness (QED) is 0.433. The first-order valence-corrected chi connectivity index (χ1v) is 11.9. The molecule has 0 amide bonds. The third kappa shape index (κ3) is 4.62. The third-order valence-electron chi connectivity index (χ3n) is 4.91. The minimum Gasteiger partial charge on any atom is -0.505 e. The molecule has 4 rings (SSSR count). The molecule has 1 aromatic carbocycles. The number of nitrogens with one attached hydrogen (secondary N) is 2. The summed E-state index contributed by atoms with van der Waals surface area (Å²) in [6, 6.07) is 4.83. The molecule has 2 aromatic heterocycles. The molecule has 176 valence electrons. The second kappa shape index (κ2) is 9.07. The molecule has 1 aliphatic carbocycles. The Morgan fingerprint density at radius 1 is 1.24 bits per heavy atom. The standard InChI is InChI=1S/C19H14Cl2N6O6S/c20-11-4-10(27-19(30)24-18(29)13(7-22)25-27)5-12(21)17(11)33-16-6-15(14(28)8-23-16)34(31,32)26-9-2-1-3-9/h4-6,8-9,26,28H,1-3H2,(H,24,29,30). The van der Waals surface area contributed by atoms with Crippen molar-refractivity contribution >= 4 is 33.2 Å². The Morgan fingerprint density at radius 3 is 2.50 bits per heavy atom. The highest BCUT2D eigenvalue weighted by Crippen LogP contribution is 2.38. The lowest BCUT2D eigenvalue weighted by atomic mass is 9.94. The zero-order valence-electron chi connectivity index (χ0n) is 16.9. The van der Waals surface area contributed by atoms with Crippen LogP contribution in [0.1, 0.15) is 25.0 Å². The summed E-state index contributed by atoms with van der Waals surface area (Å²) in [6.07, 6.45) is 3.23. The fraction of sp³-hybridized carbons (Fsp3) is 0.211. The number of pyridine rings is 1. The molecule has 0 bridgehead atoms. The van der Waals surface area contributed by atoms with Gasteiger partial charge in [0.2, 0.25) is 21.6 Å². The number of rotatable bonds is 6. The lowest BCUT2D eigenvalue weighted by Gasteiger charge is -2.26. The molecule has 34 heavy (non-hydrogen) atoms. The molecule has 3 N–H and O–H groups in total. The predicted molar refractivity (Wildman–Crippen MR) is 119 cm³/mol. The lowest BCUT2D eigenvalue weighted by molar-refractivity contribution is 0.381. The van der Waals surface area contributed by atoms with Crippen LogP contribution in [0.4, 0.5) is 0 Å². The lowest BCUT2D eigenvalue weighted by Crippen LogP contribution is -2.39. The van der Waals surface area contributed by atoms with E-state index in [4.69, 9.17) is 33.2 Å². The van der Waals surface area contributed by atoms with Crippen molar-refractivity contribution in [3.63, 3.8) is 0 Å². The number of benzene rings is 1. The molecule has 1 aliphatic rings. The van der Waals surface area contributed by atoms with E-state index in [1.165, 1.54) is 12.1 Å². The number of aromatic nitrogens is 4. The Labute approximate surface area is 201 Å². The van der Waals surface area contributed by atoms with Gasteiger partial charge >= 0.3 is 5.69 Å². The van der Waals surface area contributed by atoms with Gasteiger partial charge in [0.1, 0.15) is 11.0 Å². The van der Waals surface area contributed by atoms with Crippen molar-refractivity contribution in [3.8, 4) is 29.1 Å². The van der Waals surface area contributed by atoms with Crippen molar-refractivity contribution in [2.45, 2.75) is 30.2 Å². The van der Waals surface area contributed by atoms with Crippen LogP contribution >= 0.6 is 23.2 Å². The number of H-pyrrole nitrogens is 1. The Hall–Kier alpha value is -3.44. The Kier molecular flexibility index (Phi) is 6.32. The maximum absolute atomic E-state index is 12.6. The number of aromatic amines is 1. The number of nitrogens with zero attached hydrogens (tertiary/aromatic N) is 4. The summed E-state index contributed by atoms with van der Waals surface area (Å²) in [4.78, 5) is 29.0. The second-order valence-corrected chi connectivity index (χ2v) is 9.71. The van der Waals surface area contributed by atoms with Gasteiger partial charge in [0.05, 0.1) is 21.9 Å². The van der Waals surface area contributed by atoms with Gasteiger partial charge < -0.3 is 9.84 Å². The van der Waals surface area contributed by atoms with Gasteiger partial charge in [-0.05, 0) is 25.0 Å². The first-order chi connectivity index (χ1) is 16.1. The van der Waals surface area contributed by atoms with Crippen LogP contribution in [0.3, 0.4) is 0 Å². The molecular weight excluding hydrogens is 511 g/mol. The maximum Gasteiger partial charge on any atom is 0.349 e. The average Bonchev–Trinajstić information content (AvgIpc) is 2.74. The van der Waals surface area contributed by atoms with E-state index >= 15 is 0 Å². The van der Waals surface area contributed by atoms with Crippen LogP contribution in [0, 0.1) is 11.3 Å². The summed E-state index contributed by atoms with van der Waals surface area (Å²) in [7, 11) is -4.03. The fourth-order valence-corrected chi connectivity index (χ4v) is 4.95. The average molecular weight is 525 g/mol. The first-order valence-electron chi connectivity index (χ1n) is 9.61. The highest BCUT2D eigenvalue weighted by Gasteiger charge is 2.28. The smallest absolute Gasteiger partial charge is 0.349 e. The number of sulfonamides is 1. The molecule has 12 nitrogen and oxygen atoms in total. The Bertz CT molecular complexity index is 1540. The summed E-state index contributed by atoms with van der Waals surface area (Å²) in [5.74, 6) is -0.920. The third-order valence-corrected chi connectivity index (χ3v) is 7.02. The van der Waals surface area contributed by atoms with E-state index in [0.717, 1.165) is 23.4 Å². The predicted octanol–water partition coefficient (Wildman–Crippen LogP) is 1.82. The summed E-state index contributed by atoms with van der Waals surface area (Å²) in [6.45, 7) is 0. The Balaban J connectivity index is 1.68. The second-order valence-electron chi connectivity index (χ2n) is 7.21. The van der Waals surface area contributed by atoms with Gasteiger partial charge in [-0.1, -0.05) is 29.6 Å². The minimum absolute atomic E-state index is 0.0201. The highest BCUT2D eigenvalue weighted by molar-refractivity contribution is 7.89. The molecule has 1 fully saturated rings. The van der Waals surface area contributed by atoms with Gasteiger partial charge in [-0.25, -0.2) is 22.9 Å². The molecular formula is C19H14Cl2N6O6S. The van der Waals surface area contributed by atoms with Crippen molar-refractivity contribution in [1.29, 1.82) is 5.26 Å². The van der Waals surface area contributed by atoms with E-state index in [-0.39, 0.29) is 33.4 Å². The SMILES string of the molecule is N#Cc1nn(-c2cc(Cl)c(Oc3cc(S(=O)(=O)NC4CCC4)c(O)cn3)c(Cl)c2)c(=O)[nH]c1=O. The van der Waals surface area contributed by atoms with Crippen molar-refractivity contribution in [2.24, 2.45) is 0 Å². The van der Waals surface area contributed by atoms with Crippen LogP contribution in [-0.2, 0) is 10.0 Å². The van der Waals surface area contributed by atoms with Gasteiger partial charge in [0.25, 0.3) is 5.56 Å². The van der Waals surface area contributed by atoms with Crippen molar-refractivity contribution < 1.29 is 18.3 Å². The normalized spacial score (nSPS) is 13.8. The molecule has 0 radical (unpaired) electrons. The zero-order chi connectivity index (χ0) is 24.6. The largest absolute Gasteiger partial charge is 0.505 e. The van der Waals surface area contributed by atoms with Crippen molar-refractivity contribution in [1.82, 2.24) is 24.5 Å². The van der Waals surface area contributed by atoms with Crippen molar-refractivity contribution in [3.05, 3.63) is 61.0 Å². The summed E-state index contributed by atoms with van der Waals surface area (Å²) in [5, 5.41) is 22.4. The van der Waals surface area contributed by atoms with Gasteiger partial charge in [0, 0.05) is 12.1 Å². The van der Waals surface area contributed by atoms with Crippen LogP contribution in [0.2, 0.25) is 10.0 Å². The number of halogens is 2. The monoisotopic (exact) mass is 524 g/mol. The highest BCUT2D eigenvalue weighted by atomic mass is 35.5. The maximum atomic E-state index is 12.6. The Morgan fingerprint density at radius 2 is 1.91 bits per heavy atom.